The van der Waals surface area contributed by atoms with Crippen molar-refractivity contribution in [2.45, 2.75) is 64.8 Å². The van der Waals surface area contributed by atoms with Crippen molar-refractivity contribution in [3.8, 4) is 0 Å². The summed E-state index contributed by atoms with van der Waals surface area (Å²) in [6.45, 7) is 7.19. The zero-order valence-corrected chi connectivity index (χ0v) is 17.5. The molecule has 2 aliphatic heterocycles. The lowest BCUT2D eigenvalue weighted by Gasteiger charge is -2.44. The summed E-state index contributed by atoms with van der Waals surface area (Å²) in [7, 11) is 0. The highest BCUT2D eigenvalue weighted by Crippen LogP contribution is 2.40. The zero-order chi connectivity index (χ0) is 20.6. The monoisotopic (exact) mass is 395 g/mol. The van der Waals surface area contributed by atoms with Gasteiger partial charge in [0, 0.05) is 30.8 Å². The third kappa shape index (κ3) is 3.45. The summed E-state index contributed by atoms with van der Waals surface area (Å²) in [4.78, 5) is 30.5. The fraction of sp³-hybridized carbons (Fsp3) is 0.522. The van der Waals surface area contributed by atoms with E-state index in [4.69, 9.17) is 4.52 Å². The molecule has 6 nitrogen and oxygen atoms in total. The van der Waals surface area contributed by atoms with Gasteiger partial charge in [-0.15, -0.1) is 0 Å². The van der Waals surface area contributed by atoms with E-state index in [0.29, 0.717) is 25.9 Å². The molecule has 2 amide bonds. The lowest BCUT2D eigenvalue weighted by Crippen LogP contribution is -2.61. The fourth-order valence-electron chi connectivity index (χ4n) is 4.91. The topological polar surface area (TPSA) is 66.7 Å². The molecule has 0 radical (unpaired) electrons. The van der Waals surface area contributed by atoms with Crippen LogP contribution in [0.25, 0.3) is 0 Å². The fourth-order valence-corrected chi connectivity index (χ4v) is 4.91. The van der Waals surface area contributed by atoms with Crippen molar-refractivity contribution in [1.82, 2.24) is 10.1 Å². The first kappa shape index (κ1) is 19.7. The van der Waals surface area contributed by atoms with E-state index in [1.165, 1.54) is 5.56 Å². The third-order valence-corrected chi connectivity index (χ3v) is 6.52. The normalized spacial score (nSPS) is 22.0. The van der Waals surface area contributed by atoms with Gasteiger partial charge in [-0.3, -0.25) is 9.59 Å². The number of carbonyl (C=O) groups excluding carboxylic acids is 2. The van der Waals surface area contributed by atoms with Crippen LogP contribution in [0.1, 0.15) is 54.7 Å². The van der Waals surface area contributed by atoms with Crippen molar-refractivity contribution < 1.29 is 14.1 Å². The second kappa shape index (κ2) is 7.65. The first-order chi connectivity index (χ1) is 13.9. The molecule has 0 N–H and O–H groups in total. The molecule has 1 aromatic heterocycles. The Bertz CT molecular complexity index is 898. The highest BCUT2D eigenvalue weighted by atomic mass is 16.5. The van der Waals surface area contributed by atoms with Gasteiger partial charge in [-0.2, -0.15) is 0 Å². The number of amides is 2. The van der Waals surface area contributed by atoms with Gasteiger partial charge in [0.15, 0.2) is 0 Å². The Labute approximate surface area is 171 Å². The third-order valence-electron chi connectivity index (χ3n) is 6.52. The maximum absolute atomic E-state index is 13.6. The Balaban J connectivity index is 1.53. The Morgan fingerprint density at radius 2 is 1.79 bits per heavy atom. The SMILES string of the molecule is Cc1ccc(N2CCCC3(CCCN3C(=O)CCc3c(C)noc3C)C2=O)cc1. The number of likely N-dealkylation sites (tertiary alicyclic amines) is 1. The van der Waals surface area contributed by atoms with E-state index >= 15 is 0 Å². The van der Waals surface area contributed by atoms with Gasteiger partial charge in [0.25, 0.3) is 5.91 Å². The van der Waals surface area contributed by atoms with Crippen LogP contribution in [-0.2, 0) is 16.0 Å². The molecular formula is C23H29N3O3. The molecule has 3 heterocycles. The van der Waals surface area contributed by atoms with E-state index < -0.39 is 5.54 Å². The molecule has 29 heavy (non-hydrogen) atoms. The number of piperidine rings is 1. The number of rotatable bonds is 4. The number of hydrogen-bond acceptors (Lipinski definition) is 4. The lowest BCUT2D eigenvalue weighted by atomic mass is 9.84. The van der Waals surface area contributed by atoms with Gasteiger partial charge < -0.3 is 14.3 Å². The number of hydrogen-bond donors (Lipinski definition) is 0. The Morgan fingerprint density at radius 3 is 2.45 bits per heavy atom. The van der Waals surface area contributed by atoms with Crippen LogP contribution in [0.3, 0.4) is 0 Å². The molecular weight excluding hydrogens is 366 g/mol. The van der Waals surface area contributed by atoms with Crippen molar-refractivity contribution in [2.24, 2.45) is 0 Å². The minimum atomic E-state index is -0.682. The summed E-state index contributed by atoms with van der Waals surface area (Å²) < 4.78 is 5.22. The van der Waals surface area contributed by atoms with E-state index in [2.05, 4.69) is 5.16 Å². The first-order valence-electron chi connectivity index (χ1n) is 10.5. The quantitative estimate of drug-likeness (QED) is 0.791. The van der Waals surface area contributed by atoms with E-state index in [9.17, 15) is 9.59 Å². The van der Waals surface area contributed by atoms with Gasteiger partial charge in [-0.25, -0.2) is 0 Å². The predicted molar refractivity (Wildman–Crippen MR) is 111 cm³/mol. The highest BCUT2D eigenvalue weighted by Gasteiger charge is 2.52. The smallest absolute Gasteiger partial charge is 0.252 e. The summed E-state index contributed by atoms with van der Waals surface area (Å²) in [5, 5.41) is 3.98. The Morgan fingerprint density at radius 1 is 1.10 bits per heavy atom. The van der Waals surface area contributed by atoms with Crippen molar-refractivity contribution >= 4 is 17.5 Å². The number of aromatic nitrogens is 1. The summed E-state index contributed by atoms with van der Waals surface area (Å²) in [6, 6.07) is 8.08. The van der Waals surface area contributed by atoms with Crippen molar-refractivity contribution in [3.63, 3.8) is 0 Å². The number of carbonyl (C=O) groups is 2. The van der Waals surface area contributed by atoms with Gasteiger partial charge >= 0.3 is 0 Å². The predicted octanol–water partition coefficient (Wildman–Crippen LogP) is 3.72. The molecule has 6 heteroatoms. The van der Waals surface area contributed by atoms with Crippen LogP contribution in [-0.4, -0.2) is 40.5 Å². The molecule has 1 aromatic carbocycles. The lowest BCUT2D eigenvalue weighted by molar-refractivity contribution is -0.145. The number of benzene rings is 1. The Kier molecular flexibility index (Phi) is 5.19. The van der Waals surface area contributed by atoms with Crippen molar-refractivity contribution in [3.05, 3.63) is 46.8 Å². The average molecular weight is 396 g/mol. The molecule has 2 aliphatic rings. The summed E-state index contributed by atoms with van der Waals surface area (Å²) in [5.41, 5.74) is 3.26. The van der Waals surface area contributed by atoms with Crippen molar-refractivity contribution in [2.75, 3.05) is 18.0 Å². The molecule has 0 saturated carbocycles. The van der Waals surface area contributed by atoms with Crippen LogP contribution in [0.5, 0.6) is 0 Å². The number of anilines is 1. The van der Waals surface area contributed by atoms with Crippen LogP contribution < -0.4 is 4.90 Å². The Hall–Kier alpha value is -2.63. The molecule has 0 bridgehead atoms. The minimum Gasteiger partial charge on any atom is -0.361 e. The number of nitrogens with zero attached hydrogens (tertiary/aromatic N) is 3. The van der Waals surface area contributed by atoms with E-state index in [1.807, 2.05) is 54.8 Å². The molecule has 1 atom stereocenters. The van der Waals surface area contributed by atoms with Gasteiger partial charge in [-0.05, 0) is 65.0 Å². The largest absolute Gasteiger partial charge is 0.361 e. The maximum Gasteiger partial charge on any atom is 0.252 e. The summed E-state index contributed by atoms with van der Waals surface area (Å²) in [5.74, 6) is 0.906. The van der Waals surface area contributed by atoms with Crippen LogP contribution in [0.2, 0.25) is 0 Å². The summed E-state index contributed by atoms with van der Waals surface area (Å²) >= 11 is 0. The van der Waals surface area contributed by atoms with E-state index in [-0.39, 0.29) is 11.8 Å². The average Bonchev–Trinajstić information content (AvgIpc) is 3.27. The molecule has 154 valence electrons. The molecule has 0 aliphatic carbocycles. The van der Waals surface area contributed by atoms with Gasteiger partial charge in [0.1, 0.15) is 11.3 Å². The van der Waals surface area contributed by atoms with Crippen molar-refractivity contribution in [1.29, 1.82) is 0 Å². The standard InChI is InChI=1S/C23H29N3O3/c1-16-6-8-19(9-7-16)25-14-4-12-23(22(25)28)13-5-15-26(23)21(27)11-10-20-17(2)24-29-18(20)3/h6-9H,4-5,10-15H2,1-3H3. The van der Waals surface area contributed by atoms with Gasteiger partial charge in [0.05, 0.1) is 5.69 Å². The molecule has 4 rings (SSSR count). The molecule has 1 spiro atoms. The summed E-state index contributed by atoms with van der Waals surface area (Å²) in [6.07, 6.45) is 4.28. The minimum absolute atomic E-state index is 0.0570. The van der Waals surface area contributed by atoms with Crippen LogP contribution in [0.15, 0.2) is 28.8 Å². The number of aryl methyl sites for hydroxylation is 3. The second-order valence-corrected chi connectivity index (χ2v) is 8.38. The van der Waals surface area contributed by atoms with Crippen LogP contribution in [0, 0.1) is 20.8 Å². The molecule has 2 aromatic rings. The van der Waals surface area contributed by atoms with Crippen LogP contribution >= 0.6 is 0 Å². The second-order valence-electron chi connectivity index (χ2n) is 8.38. The van der Waals surface area contributed by atoms with Gasteiger partial charge in [0.2, 0.25) is 5.91 Å². The zero-order valence-electron chi connectivity index (χ0n) is 17.5. The molecule has 1 unspecified atom stereocenters. The van der Waals surface area contributed by atoms with Gasteiger partial charge in [-0.1, -0.05) is 22.9 Å². The van der Waals surface area contributed by atoms with E-state index in [0.717, 1.165) is 48.4 Å². The van der Waals surface area contributed by atoms with E-state index in [1.54, 1.807) is 0 Å². The molecule has 2 fully saturated rings. The maximum atomic E-state index is 13.6. The first-order valence-corrected chi connectivity index (χ1v) is 10.5. The highest BCUT2D eigenvalue weighted by molar-refractivity contribution is 6.03. The molecule has 2 saturated heterocycles. The van der Waals surface area contributed by atoms with Crippen LogP contribution in [0.4, 0.5) is 5.69 Å².